The van der Waals surface area contributed by atoms with E-state index in [4.69, 9.17) is 4.52 Å². The first kappa shape index (κ1) is 24.5. The molecule has 0 radical (unpaired) electrons. The quantitative estimate of drug-likeness (QED) is 0.267. The van der Waals surface area contributed by atoms with Crippen molar-refractivity contribution in [1.82, 2.24) is 9.88 Å². The lowest BCUT2D eigenvalue weighted by Crippen LogP contribution is -2.47. The maximum atomic E-state index is 13.5. The number of thiophene rings is 1. The molecule has 9 heteroatoms. The van der Waals surface area contributed by atoms with Crippen molar-refractivity contribution in [3.63, 3.8) is 0 Å². The van der Waals surface area contributed by atoms with E-state index in [9.17, 15) is 12.8 Å². The van der Waals surface area contributed by atoms with Gasteiger partial charge in [0.25, 0.3) is 0 Å². The lowest BCUT2D eigenvalue weighted by Gasteiger charge is -2.36. The van der Waals surface area contributed by atoms with Crippen LogP contribution in [0.25, 0.3) is 21.7 Å². The van der Waals surface area contributed by atoms with E-state index in [0.717, 1.165) is 44.2 Å². The van der Waals surface area contributed by atoms with Crippen molar-refractivity contribution in [2.75, 3.05) is 11.4 Å². The highest BCUT2D eigenvalue weighted by atomic mass is 32.2. The Morgan fingerprint density at radius 3 is 2.53 bits per heavy atom. The number of aromatic nitrogens is 1. The number of halogens is 1. The first-order valence-electron chi connectivity index (χ1n) is 12.2. The van der Waals surface area contributed by atoms with Crippen molar-refractivity contribution in [3.8, 4) is 21.7 Å². The summed E-state index contributed by atoms with van der Waals surface area (Å²) < 4.78 is 48.3. The highest BCUT2D eigenvalue weighted by Gasteiger charge is 2.29. The van der Waals surface area contributed by atoms with Gasteiger partial charge in [0.1, 0.15) is 22.0 Å². The average Bonchev–Trinajstić information content (AvgIpc) is 3.62. The largest absolute Gasteiger partial charge is 0.365 e. The minimum atomic E-state index is -3.75. The molecule has 1 unspecified atom stereocenters. The zero-order valence-electron chi connectivity index (χ0n) is 20.2. The lowest BCUT2D eigenvalue weighted by molar-refractivity contribution is 0.422. The van der Waals surface area contributed by atoms with Crippen LogP contribution in [0.5, 0.6) is 0 Å². The van der Waals surface area contributed by atoms with Gasteiger partial charge in [0.2, 0.25) is 10.0 Å². The van der Waals surface area contributed by atoms with E-state index >= 15 is 0 Å². The highest BCUT2D eigenvalue weighted by Crippen LogP contribution is 2.34. The van der Waals surface area contributed by atoms with Crippen LogP contribution < -0.4 is 9.62 Å². The lowest BCUT2D eigenvalue weighted by atomic mass is 9.94. The molecule has 0 saturated carbocycles. The monoisotopic (exact) mass is 545 g/mol. The molecule has 3 aromatic carbocycles. The van der Waals surface area contributed by atoms with Gasteiger partial charge in [-0.05, 0) is 65.1 Å². The number of benzene rings is 3. The van der Waals surface area contributed by atoms with Gasteiger partial charge in [0.15, 0.2) is 0 Å². The Bertz CT molecular complexity index is 1650. The predicted molar refractivity (Wildman–Crippen MR) is 147 cm³/mol. The molecule has 0 bridgehead atoms. The Kier molecular flexibility index (Phi) is 6.57. The molecule has 0 aliphatic carbocycles. The van der Waals surface area contributed by atoms with Gasteiger partial charge in [-0.2, -0.15) is 0 Å². The minimum absolute atomic E-state index is 0.232. The predicted octanol–water partition coefficient (Wildman–Crippen LogP) is 6.12. The molecular formula is C29H24FN3O3S2. The molecule has 192 valence electrons. The third kappa shape index (κ3) is 5.13. The SMILES string of the molecule is O=S(=O)(NC1Cc2cc(-c3ccc(F)cc3)ccc2N(Cc2ccccc2)C1)c1ccc(-c2ccon2)s1. The van der Waals surface area contributed by atoms with Crippen LogP contribution in [0.3, 0.4) is 0 Å². The molecule has 2 aromatic heterocycles. The minimum Gasteiger partial charge on any atom is -0.365 e. The van der Waals surface area contributed by atoms with Gasteiger partial charge in [-0.1, -0.05) is 53.7 Å². The van der Waals surface area contributed by atoms with Gasteiger partial charge < -0.3 is 9.42 Å². The Labute approximate surface area is 224 Å². The van der Waals surface area contributed by atoms with Crippen molar-refractivity contribution in [1.29, 1.82) is 0 Å². The number of sulfonamides is 1. The summed E-state index contributed by atoms with van der Waals surface area (Å²) in [6.07, 6.45) is 2.00. The molecule has 1 N–H and O–H groups in total. The number of hydrogen-bond donors (Lipinski definition) is 1. The summed E-state index contributed by atoms with van der Waals surface area (Å²) in [6, 6.07) is 27.4. The summed E-state index contributed by atoms with van der Waals surface area (Å²) in [4.78, 5) is 2.94. The van der Waals surface area contributed by atoms with Crippen molar-refractivity contribution in [2.24, 2.45) is 0 Å². The van der Waals surface area contributed by atoms with Crippen LogP contribution in [-0.4, -0.2) is 26.2 Å². The van der Waals surface area contributed by atoms with Crippen LogP contribution >= 0.6 is 11.3 Å². The first-order chi connectivity index (χ1) is 18.4. The molecule has 3 heterocycles. The van der Waals surface area contributed by atoms with E-state index in [1.807, 2.05) is 24.3 Å². The van der Waals surface area contributed by atoms with Gasteiger partial charge in [-0.25, -0.2) is 17.5 Å². The normalized spacial score (nSPS) is 15.4. The maximum Gasteiger partial charge on any atom is 0.250 e. The zero-order chi connectivity index (χ0) is 26.1. The molecular weight excluding hydrogens is 521 g/mol. The summed E-state index contributed by atoms with van der Waals surface area (Å²) in [5, 5.41) is 3.90. The van der Waals surface area contributed by atoms with E-state index in [-0.39, 0.29) is 16.1 Å². The molecule has 6 rings (SSSR count). The van der Waals surface area contributed by atoms with E-state index in [2.05, 4.69) is 39.0 Å². The average molecular weight is 546 g/mol. The second-order valence-electron chi connectivity index (χ2n) is 9.24. The third-order valence-corrected chi connectivity index (χ3v) is 9.70. The fourth-order valence-electron chi connectivity index (χ4n) is 4.83. The van der Waals surface area contributed by atoms with Crippen LogP contribution in [-0.2, 0) is 23.0 Å². The molecule has 38 heavy (non-hydrogen) atoms. The summed E-state index contributed by atoms with van der Waals surface area (Å²) in [5.74, 6) is -0.282. The van der Waals surface area contributed by atoms with Crippen LogP contribution in [0.1, 0.15) is 11.1 Å². The number of hydrogen-bond acceptors (Lipinski definition) is 6. The van der Waals surface area contributed by atoms with Crippen LogP contribution in [0.15, 0.2) is 106 Å². The smallest absolute Gasteiger partial charge is 0.250 e. The van der Waals surface area contributed by atoms with Gasteiger partial charge in [-0.3, -0.25) is 0 Å². The molecule has 1 atom stereocenters. The Morgan fingerprint density at radius 1 is 0.974 bits per heavy atom. The molecule has 5 aromatic rings. The number of nitrogens with zero attached hydrogens (tertiary/aromatic N) is 2. The molecule has 0 spiro atoms. The van der Waals surface area contributed by atoms with Gasteiger partial charge >= 0.3 is 0 Å². The summed E-state index contributed by atoms with van der Waals surface area (Å²) in [6.45, 7) is 1.18. The van der Waals surface area contributed by atoms with E-state index in [1.165, 1.54) is 18.4 Å². The number of anilines is 1. The van der Waals surface area contributed by atoms with Crippen molar-refractivity contribution >= 4 is 27.0 Å². The summed E-state index contributed by atoms with van der Waals surface area (Å²) in [5.41, 5.74) is 5.72. The molecule has 6 nitrogen and oxygen atoms in total. The highest BCUT2D eigenvalue weighted by molar-refractivity contribution is 7.91. The Balaban J connectivity index is 1.30. The Hall–Kier alpha value is -3.79. The van der Waals surface area contributed by atoms with Crippen LogP contribution in [0, 0.1) is 5.82 Å². The summed E-state index contributed by atoms with van der Waals surface area (Å²) in [7, 11) is -3.75. The topological polar surface area (TPSA) is 75.4 Å². The maximum absolute atomic E-state index is 13.5. The fourth-order valence-corrected chi connectivity index (χ4v) is 7.34. The zero-order valence-corrected chi connectivity index (χ0v) is 21.9. The van der Waals surface area contributed by atoms with E-state index in [1.54, 1.807) is 30.3 Å². The second-order valence-corrected chi connectivity index (χ2v) is 12.3. The molecule has 0 fully saturated rings. The second kappa shape index (κ2) is 10.2. The van der Waals surface area contributed by atoms with Gasteiger partial charge in [-0.15, -0.1) is 11.3 Å². The van der Waals surface area contributed by atoms with Crippen molar-refractivity contribution in [3.05, 3.63) is 114 Å². The number of rotatable bonds is 7. The summed E-state index contributed by atoms with van der Waals surface area (Å²) >= 11 is 1.16. The van der Waals surface area contributed by atoms with Gasteiger partial charge in [0, 0.05) is 30.9 Å². The van der Waals surface area contributed by atoms with E-state index < -0.39 is 10.0 Å². The first-order valence-corrected chi connectivity index (χ1v) is 14.5. The molecule has 1 aliphatic heterocycles. The third-order valence-electron chi connectivity index (χ3n) is 6.58. The molecule has 1 aliphatic rings. The number of fused-ring (bicyclic) bond motifs is 1. The van der Waals surface area contributed by atoms with E-state index in [0.29, 0.717) is 25.2 Å². The van der Waals surface area contributed by atoms with Crippen molar-refractivity contribution < 1.29 is 17.3 Å². The molecule has 0 amide bonds. The molecule has 0 saturated heterocycles. The standard InChI is InChI=1S/C29H24FN3O3S2/c30-24-9-6-21(7-10-24)22-8-11-27-23(16-22)17-25(19-33(27)18-20-4-2-1-3-5-20)32-38(34,35)29-13-12-28(37-29)26-14-15-36-31-26/h1-16,25,32H,17-19H2. The fraction of sp³-hybridized carbons (Fsp3) is 0.138. The van der Waals surface area contributed by atoms with Crippen LogP contribution in [0.4, 0.5) is 10.1 Å². The van der Waals surface area contributed by atoms with Crippen molar-refractivity contribution in [2.45, 2.75) is 23.2 Å². The number of nitrogens with one attached hydrogen (secondary N) is 1. The van der Waals surface area contributed by atoms with Crippen LogP contribution in [0.2, 0.25) is 0 Å². The van der Waals surface area contributed by atoms with Gasteiger partial charge in [0.05, 0.1) is 4.88 Å². The Morgan fingerprint density at radius 2 is 1.76 bits per heavy atom.